The van der Waals surface area contributed by atoms with Gasteiger partial charge in [0.15, 0.2) is 5.13 Å². The van der Waals surface area contributed by atoms with E-state index < -0.39 is 41.2 Å². The van der Waals surface area contributed by atoms with E-state index in [-0.39, 0.29) is 27.6 Å². The number of alkyl halides is 7. The van der Waals surface area contributed by atoms with E-state index in [1.807, 2.05) is 0 Å². The highest BCUT2D eigenvalue weighted by Crippen LogP contribution is 2.53. The van der Waals surface area contributed by atoms with E-state index in [0.717, 1.165) is 25.2 Å². The van der Waals surface area contributed by atoms with Crippen LogP contribution in [0.15, 0.2) is 17.5 Å². The minimum atomic E-state index is -6.26. The molecule has 0 atom stereocenters. The predicted octanol–water partition coefficient (Wildman–Crippen LogP) is 6.65. The van der Waals surface area contributed by atoms with Crippen molar-refractivity contribution in [1.82, 2.24) is 4.98 Å². The van der Waals surface area contributed by atoms with Crippen LogP contribution < -0.4 is 10.6 Å². The Morgan fingerprint density at radius 2 is 1.41 bits per heavy atom. The van der Waals surface area contributed by atoms with Crippen molar-refractivity contribution in [1.29, 1.82) is 0 Å². The largest absolute Gasteiger partial charge is 0.444 e. The standard InChI is InChI=1S/C20H20F7N3O3S/c1-9-6-11(18(21,19(22,23)24)20(25,26)27)7-10(2)13(9)29-14(31)12-8-34-15(28-12)30-16(32)33-17(3,4)5/h6-8H,1-5H3,(H,29,31)(H,28,30,32). The first kappa shape index (κ1) is 27.3. The Balaban J connectivity index is 2.29. The fourth-order valence-electron chi connectivity index (χ4n) is 2.85. The molecule has 0 radical (unpaired) electrons. The van der Waals surface area contributed by atoms with Crippen molar-refractivity contribution in [2.24, 2.45) is 0 Å². The van der Waals surface area contributed by atoms with Crippen LogP contribution >= 0.6 is 11.3 Å². The highest BCUT2D eigenvalue weighted by molar-refractivity contribution is 7.14. The number of anilines is 2. The Kier molecular flexibility index (Phi) is 7.27. The topological polar surface area (TPSA) is 80.3 Å². The molecule has 2 aromatic rings. The van der Waals surface area contributed by atoms with E-state index in [0.29, 0.717) is 12.1 Å². The van der Waals surface area contributed by atoms with Gasteiger partial charge >= 0.3 is 24.1 Å². The second-order valence-electron chi connectivity index (χ2n) is 8.26. The van der Waals surface area contributed by atoms with Gasteiger partial charge in [-0.3, -0.25) is 10.1 Å². The first-order valence-corrected chi connectivity index (χ1v) is 10.3. The Morgan fingerprint density at radius 3 is 1.85 bits per heavy atom. The van der Waals surface area contributed by atoms with Crippen molar-refractivity contribution in [3.05, 3.63) is 39.9 Å². The zero-order valence-electron chi connectivity index (χ0n) is 18.5. The van der Waals surface area contributed by atoms with Crippen molar-refractivity contribution < 1.29 is 45.1 Å². The maximum Gasteiger partial charge on any atom is 0.435 e. The normalized spacial score (nSPS) is 12.9. The second kappa shape index (κ2) is 9.04. The molecule has 6 nitrogen and oxygen atoms in total. The smallest absolute Gasteiger partial charge is 0.435 e. The summed E-state index contributed by atoms with van der Waals surface area (Å²) in [5, 5.41) is 5.94. The maximum atomic E-state index is 14.4. The number of nitrogens with one attached hydrogen (secondary N) is 2. The van der Waals surface area contributed by atoms with Crippen molar-refractivity contribution in [3.63, 3.8) is 0 Å². The summed E-state index contributed by atoms with van der Waals surface area (Å²) in [5.74, 6) is -0.856. The van der Waals surface area contributed by atoms with E-state index in [1.54, 1.807) is 20.8 Å². The van der Waals surface area contributed by atoms with Crippen LogP contribution in [-0.2, 0) is 10.4 Å². The number of nitrogens with zero attached hydrogens (tertiary/aromatic N) is 1. The van der Waals surface area contributed by atoms with Crippen molar-refractivity contribution >= 4 is 34.2 Å². The van der Waals surface area contributed by atoms with E-state index >= 15 is 0 Å². The average molecular weight is 515 g/mol. The van der Waals surface area contributed by atoms with Gasteiger partial charge in [-0.15, -0.1) is 11.3 Å². The minimum Gasteiger partial charge on any atom is -0.444 e. The number of aromatic nitrogens is 1. The van der Waals surface area contributed by atoms with E-state index in [9.17, 15) is 40.3 Å². The number of aryl methyl sites for hydroxylation is 2. The molecular weight excluding hydrogens is 495 g/mol. The first-order chi connectivity index (χ1) is 15.3. The highest BCUT2D eigenvalue weighted by Gasteiger charge is 2.73. The molecule has 0 bridgehead atoms. The third-order valence-corrected chi connectivity index (χ3v) is 5.05. The van der Waals surface area contributed by atoms with E-state index in [1.165, 1.54) is 5.38 Å². The summed E-state index contributed by atoms with van der Waals surface area (Å²) in [6, 6.07) is 0.750. The molecule has 1 aromatic carbocycles. The summed E-state index contributed by atoms with van der Waals surface area (Å²) < 4.78 is 97.8. The van der Waals surface area contributed by atoms with Crippen molar-refractivity contribution in [3.8, 4) is 0 Å². The molecule has 2 N–H and O–H groups in total. The van der Waals surface area contributed by atoms with Crippen LogP contribution in [0.4, 0.5) is 46.3 Å². The monoisotopic (exact) mass is 515 g/mol. The molecule has 2 rings (SSSR count). The van der Waals surface area contributed by atoms with Gasteiger partial charge in [-0.25, -0.2) is 14.2 Å². The average Bonchev–Trinajstić information content (AvgIpc) is 3.08. The van der Waals surface area contributed by atoms with Crippen LogP contribution in [0, 0.1) is 13.8 Å². The number of thiazole rings is 1. The summed E-state index contributed by atoms with van der Waals surface area (Å²) in [4.78, 5) is 28.2. The fourth-order valence-corrected chi connectivity index (χ4v) is 3.53. The zero-order chi connectivity index (χ0) is 26.3. The highest BCUT2D eigenvalue weighted by atomic mass is 32.1. The Labute approximate surface area is 193 Å². The first-order valence-electron chi connectivity index (χ1n) is 9.47. The maximum absolute atomic E-state index is 14.4. The summed E-state index contributed by atoms with van der Waals surface area (Å²) in [7, 11) is 0. The van der Waals surface area contributed by atoms with Gasteiger partial charge in [0.25, 0.3) is 5.91 Å². The van der Waals surface area contributed by atoms with Crippen LogP contribution in [-0.4, -0.2) is 34.9 Å². The molecule has 0 aliphatic heterocycles. The molecular formula is C20H20F7N3O3S. The molecule has 0 aliphatic carbocycles. The lowest BCUT2D eigenvalue weighted by Gasteiger charge is -2.31. The Hall–Kier alpha value is -2.90. The molecule has 0 saturated carbocycles. The molecule has 14 heteroatoms. The SMILES string of the molecule is Cc1cc(C(F)(C(F)(F)F)C(F)(F)F)cc(C)c1NC(=O)c1csc(NC(=O)OC(C)(C)C)n1. The third-order valence-electron chi connectivity index (χ3n) is 4.29. The van der Waals surface area contributed by atoms with Crippen LogP contribution in [0.5, 0.6) is 0 Å². The lowest BCUT2D eigenvalue weighted by atomic mass is 9.90. The number of ether oxygens (including phenoxy) is 1. The quantitative estimate of drug-likeness (QED) is 0.447. The molecule has 2 amide bonds. The minimum absolute atomic E-state index is 0.0146. The van der Waals surface area contributed by atoms with Crippen molar-refractivity contribution in [2.45, 2.75) is 58.2 Å². The Morgan fingerprint density at radius 1 is 0.912 bits per heavy atom. The number of benzene rings is 1. The molecule has 0 unspecified atom stereocenters. The molecule has 1 aromatic heterocycles. The number of rotatable bonds is 4. The molecule has 188 valence electrons. The molecule has 0 spiro atoms. The predicted molar refractivity (Wildman–Crippen MR) is 111 cm³/mol. The fraction of sp³-hybridized carbons (Fsp3) is 0.450. The van der Waals surface area contributed by atoms with Gasteiger partial charge in [-0.2, -0.15) is 26.3 Å². The van der Waals surface area contributed by atoms with Crippen LogP contribution in [0.3, 0.4) is 0 Å². The molecule has 0 aliphatic rings. The van der Waals surface area contributed by atoms with Crippen LogP contribution in [0.2, 0.25) is 0 Å². The van der Waals surface area contributed by atoms with Gasteiger partial charge in [0.1, 0.15) is 11.3 Å². The van der Waals surface area contributed by atoms with E-state index in [2.05, 4.69) is 15.6 Å². The number of halogens is 7. The van der Waals surface area contributed by atoms with Crippen LogP contribution in [0.25, 0.3) is 0 Å². The zero-order valence-corrected chi connectivity index (χ0v) is 19.3. The summed E-state index contributed by atoms with van der Waals surface area (Å²) in [6.07, 6.45) is -13.3. The van der Waals surface area contributed by atoms with Crippen LogP contribution in [0.1, 0.15) is 48.0 Å². The molecule has 1 heterocycles. The lowest BCUT2D eigenvalue weighted by molar-refractivity contribution is -0.348. The lowest BCUT2D eigenvalue weighted by Crippen LogP contribution is -2.50. The van der Waals surface area contributed by atoms with Gasteiger partial charge in [-0.1, -0.05) is 12.1 Å². The van der Waals surface area contributed by atoms with Gasteiger partial charge in [0.05, 0.1) is 0 Å². The van der Waals surface area contributed by atoms with Gasteiger partial charge in [0.2, 0.25) is 0 Å². The van der Waals surface area contributed by atoms with Crippen molar-refractivity contribution in [2.75, 3.05) is 10.6 Å². The molecule has 34 heavy (non-hydrogen) atoms. The number of hydrogen-bond acceptors (Lipinski definition) is 5. The summed E-state index contributed by atoms with van der Waals surface area (Å²) >= 11 is 0.879. The number of amides is 2. The molecule has 0 fully saturated rings. The number of carbonyl (C=O) groups is 2. The van der Waals surface area contributed by atoms with Gasteiger partial charge in [-0.05, 0) is 45.7 Å². The molecule has 0 saturated heterocycles. The summed E-state index contributed by atoms with van der Waals surface area (Å²) in [5.41, 5.74) is -8.80. The number of carbonyl (C=O) groups excluding carboxylic acids is 2. The second-order valence-corrected chi connectivity index (χ2v) is 9.12. The van der Waals surface area contributed by atoms with Gasteiger partial charge < -0.3 is 10.1 Å². The summed E-state index contributed by atoms with van der Waals surface area (Å²) in [6.45, 7) is 7.16. The van der Waals surface area contributed by atoms with Gasteiger partial charge in [0, 0.05) is 16.6 Å². The number of hydrogen-bond donors (Lipinski definition) is 2. The van der Waals surface area contributed by atoms with E-state index in [4.69, 9.17) is 4.74 Å². The third kappa shape index (κ3) is 5.77. The Bertz CT molecular complexity index is 1050.